The number of aliphatic hydroxyl groups excluding tert-OH is 1. The highest BCUT2D eigenvalue weighted by atomic mass is 32.1. The Balaban J connectivity index is 2.24. The van der Waals surface area contributed by atoms with Crippen molar-refractivity contribution in [2.45, 2.75) is 26.4 Å². The first-order valence-corrected chi connectivity index (χ1v) is 4.84. The zero-order valence-corrected chi connectivity index (χ0v) is 8.19. The summed E-state index contributed by atoms with van der Waals surface area (Å²) in [5.74, 6) is 0. The van der Waals surface area contributed by atoms with Crippen LogP contribution in [0.3, 0.4) is 0 Å². The number of aryl methyl sites for hydroxylation is 1. The van der Waals surface area contributed by atoms with Crippen molar-refractivity contribution in [3.05, 3.63) is 11.1 Å². The minimum atomic E-state index is -0.237. The first-order chi connectivity index (χ1) is 5.68. The second-order valence-corrected chi connectivity index (χ2v) is 4.08. The Morgan fingerprint density at radius 3 is 3.00 bits per heavy atom. The molecule has 2 N–H and O–H groups in total. The average molecular weight is 186 g/mol. The van der Waals surface area contributed by atoms with Crippen molar-refractivity contribution in [1.29, 1.82) is 0 Å². The zero-order valence-electron chi connectivity index (χ0n) is 7.37. The molecule has 0 saturated heterocycles. The van der Waals surface area contributed by atoms with Crippen LogP contribution in [0.15, 0.2) is 6.20 Å². The Kier molecular flexibility index (Phi) is 3.49. The smallest absolute Gasteiger partial charge is 0.182 e. The molecule has 0 amide bonds. The lowest BCUT2D eigenvalue weighted by Gasteiger charge is -2.03. The largest absolute Gasteiger partial charge is 0.393 e. The summed E-state index contributed by atoms with van der Waals surface area (Å²) in [5, 5.41) is 13.1. The fourth-order valence-electron chi connectivity index (χ4n) is 0.824. The number of hydrogen-bond acceptors (Lipinski definition) is 4. The molecule has 0 spiro atoms. The lowest BCUT2D eigenvalue weighted by atomic mass is 10.3. The number of anilines is 1. The number of aliphatic hydroxyl groups is 1. The molecule has 1 aromatic heterocycles. The molecule has 1 aromatic rings. The van der Waals surface area contributed by atoms with Gasteiger partial charge in [0, 0.05) is 17.6 Å². The molecule has 3 nitrogen and oxygen atoms in total. The van der Waals surface area contributed by atoms with Gasteiger partial charge in [-0.25, -0.2) is 4.98 Å². The van der Waals surface area contributed by atoms with E-state index in [0.717, 1.165) is 18.1 Å². The Bertz CT molecular complexity index is 235. The van der Waals surface area contributed by atoms with E-state index in [9.17, 15) is 0 Å². The molecule has 0 aliphatic rings. The summed E-state index contributed by atoms with van der Waals surface area (Å²) in [6, 6.07) is 0. The molecule has 0 aromatic carbocycles. The van der Waals surface area contributed by atoms with Gasteiger partial charge in [-0.3, -0.25) is 0 Å². The molecule has 0 fully saturated rings. The van der Waals surface area contributed by atoms with Crippen molar-refractivity contribution in [2.24, 2.45) is 0 Å². The number of rotatable bonds is 4. The molecule has 0 saturated carbocycles. The molecule has 4 heteroatoms. The van der Waals surface area contributed by atoms with E-state index < -0.39 is 0 Å². The summed E-state index contributed by atoms with van der Waals surface area (Å²) in [6.07, 6.45) is 2.37. The Hall–Kier alpha value is -0.610. The van der Waals surface area contributed by atoms with Crippen molar-refractivity contribution in [3.63, 3.8) is 0 Å². The van der Waals surface area contributed by atoms with Crippen LogP contribution in [0.1, 0.15) is 18.2 Å². The predicted molar refractivity (Wildman–Crippen MR) is 51.6 cm³/mol. The van der Waals surface area contributed by atoms with E-state index in [1.54, 1.807) is 18.3 Å². The van der Waals surface area contributed by atoms with E-state index >= 15 is 0 Å². The number of nitrogens with zero attached hydrogens (tertiary/aromatic N) is 1. The van der Waals surface area contributed by atoms with Gasteiger partial charge in [-0.1, -0.05) is 0 Å². The zero-order chi connectivity index (χ0) is 8.97. The van der Waals surface area contributed by atoms with Crippen molar-refractivity contribution in [3.8, 4) is 0 Å². The third kappa shape index (κ3) is 3.19. The lowest BCUT2D eigenvalue weighted by molar-refractivity contribution is 0.189. The summed E-state index contributed by atoms with van der Waals surface area (Å²) in [4.78, 5) is 5.34. The van der Waals surface area contributed by atoms with Gasteiger partial charge >= 0.3 is 0 Å². The topological polar surface area (TPSA) is 45.2 Å². The summed E-state index contributed by atoms with van der Waals surface area (Å²) >= 11 is 1.64. The SMILES string of the molecule is Cc1cnc(NCCC(C)O)s1. The number of thiazole rings is 1. The molecule has 0 radical (unpaired) electrons. The third-order valence-electron chi connectivity index (χ3n) is 1.46. The van der Waals surface area contributed by atoms with E-state index in [4.69, 9.17) is 5.11 Å². The minimum absolute atomic E-state index is 0.237. The highest BCUT2D eigenvalue weighted by Crippen LogP contribution is 2.16. The molecule has 68 valence electrons. The van der Waals surface area contributed by atoms with Gasteiger partial charge in [0.2, 0.25) is 0 Å². The molecular weight excluding hydrogens is 172 g/mol. The van der Waals surface area contributed by atoms with Crippen molar-refractivity contribution >= 4 is 16.5 Å². The number of hydrogen-bond donors (Lipinski definition) is 2. The second-order valence-electron chi connectivity index (χ2n) is 2.84. The second kappa shape index (κ2) is 4.42. The molecular formula is C8H14N2OS. The first-order valence-electron chi connectivity index (χ1n) is 4.03. The van der Waals surface area contributed by atoms with Gasteiger partial charge in [0.1, 0.15) is 0 Å². The highest BCUT2D eigenvalue weighted by Gasteiger charge is 1.98. The minimum Gasteiger partial charge on any atom is -0.393 e. The van der Waals surface area contributed by atoms with Crippen LogP contribution in [0.25, 0.3) is 0 Å². The van der Waals surface area contributed by atoms with Crippen LogP contribution in [-0.4, -0.2) is 22.7 Å². The van der Waals surface area contributed by atoms with Crippen LogP contribution >= 0.6 is 11.3 Å². The maximum Gasteiger partial charge on any atom is 0.182 e. The lowest BCUT2D eigenvalue weighted by Crippen LogP contribution is -2.09. The van der Waals surface area contributed by atoms with Gasteiger partial charge in [0.05, 0.1) is 6.10 Å². The molecule has 0 aliphatic carbocycles. The van der Waals surface area contributed by atoms with E-state index in [-0.39, 0.29) is 6.10 Å². The highest BCUT2D eigenvalue weighted by molar-refractivity contribution is 7.15. The van der Waals surface area contributed by atoms with Gasteiger partial charge in [-0.05, 0) is 20.3 Å². The maximum atomic E-state index is 8.98. The molecule has 12 heavy (non-hydrogen) atoms. The summed E-state index contributed by atoms with van der Waals surface area (Å²) in [6.45, 7) is 4.59. The first kappa shape index (κ1) is 9.48. The van der Waals surface area contributed by atoms with Gasteiger partial charge in [0.25, 0.3) is 0 Å². The number of aromatic nitrogens is 1. The summed E-state index contributed by atoms with van der Waals surface area (Å²) < 4.78 is 0. The van der Waals surface area contributed by atoms with Gasteiger partial charge in [0.15, 0.2) is 5.13 Å². The van der Waals surface area contributed by atoms with Crippen LogP contribution in [0, 0.1) is 6.92 Å². The molecule has 1 atom stereocenters. The van der Waals surface area contributed by atoms with Gasteiger partial charge < -0.3 is 10.4 Å². The van der Waals surface area contributed by atoms with Crippen LogP contribution in [-0.2, 0) is 0 Å². The quantitative estimate of drug-likeness (QED) is 0.751. The van der Waals surface area contributed by atoms with E-state index in [0.29, 0.717) is 0 Å². The van der Waals surface area contributed by atoms with Crippen LogP contribution < -0.4 is 5.32 Å². The van der Waals surface area contributed by atoms with E-state index in [1.165, 1.54) is 4.88 Å². The number of nitrogens with one attached hydrogen (secondary N) is 1. The maximum absolute atomic E-state index is 8.98. The van der Waals surface area contributed by atoms with Crippen molar-refractivity contribution in [2.75, 3.05) is 11.9 Å². The van der Waals surface area contributed by atoms with Gasteiger partial charge in [-0.15, -0.1) is 11.3 Å². The van der Waals surface area contributed by atoms with Crippen LogP contribution in [0.4, 0.5) is 5.13 Å². The van der Waals surface area contributed by atoms with Crippen molar-refractivity contribution < 1.29 is 5.11 Å². The fourth-order valence-corrected chi connectivity index (χ4v) is 1.51. The Morgan fingerprint density at radius 1 is 1.75 bits per heavy atom. The van der Waals surface area contributed by atoms with Crippen LogP contribution in [0.2, 0.25) is 0 Å². The van der Waals surface area contributed by atoms with E-state index in [2.05, 4.69) is 10.3 Å². The van der Waals surface area contributed by atoms with Gasteiger partial charge in [-0.2, -0.15) is 0 Å². The van der Waals surface area contributed by atoms with E-state index in [1.807, 2.05) is 13.1 Å². The normalized spacial score (nSPS) is 12.9. The Morgan fingerprint density at radius 2 is 2.50 bits per heavy atom. The summed E-state index contributed by atoms with van der Waals surface area (Å²) in [7, 11) is 0. The molecule has 1 heterocycles. The van der Waals surface area contributed by atoms with Crippen molar-refractivity contribution in [1.82, 2.24) is 4.98 Å². The fraction of sp³-hybridized carbons (Fsp3) is 0.625. The third-order valence-corrected chi connectivity index (χ3v) is 2.33. The van der Waals surface area contributed by atoms with Crippen LogP contribution in [0.5, 0.6) is 0 Å². The standard InChI is InChI=1S/C8H14N2OS/c1-6(11)3-4-9-8-10-5-7(2)12-8/h5-6,11H,3-4H2,1-2H3,(H,9,10). The molecule has 1 rings (SSSR count). The Labute approximate surface area is 76.5 Å². The average Bonchev–Trinajstić information content (AvgIpc) is 2.35. The molecule has 0 bridgehead atoms. The summed E-state index contributed by atoms with van der Waals surface area (Å²) in [5.41, 5.74) is 0. The monoisotopic (exact) mass is 186 g/mol. The molecule has 1 unspecified atom stereocenters. The predicted octanol–water partition coefficient (Wildman–Crippen LogP) is 1.63. The molecule has 0 aliphatic heterocycles.